The highest BCUT2D eigenvalue weighted by Crippen LogP contribution is 2.32. The average Bonchev–Trinajstić information content (AvgIpc) is 2.98. The summed E-state index contributed by atoms with van der Waals surface area (Å²) < 4.78 is 39.4. The monoisotopic (exact) mass is 349 g/mol. The summed E-state index contributed by atoms with van der Waals surface area (Å²) in [6, 6.07) is 6.58. The molecule has 1 N–H and O–H groups in total. The fraction of sp³-hybridized carbons (Fsp3) is 0.444. The Bertz CT molecular complexity index is 823. The number of fused-ring (bicyclic) bond motifs is 1. The number of rotatable bonds is 5. The molecule has 6 heteroatoms. The molecule has 5 nitrogen and oxygen atoms in total. The molecule has 0 bridgehead atoms. The van der Waals surface area contributed by atoms with Crippen LogP contribution in [0.25, 0.3) is 0 Å². The van der Waals surface area contributed by atoms with Gasteiger partial charge in [0.25, 0.3) is 0 Å². The minimum Gasteiger partial charge on any atom is -0.491 e. The van der Waals surface area contributed by atoms with Gasteiger partial charge in [-0.2, -0.15) is 0 Å². The van der Waals surface area contributed by atoms with E-state index in [0.29, 0.717) is 5.75 Å². The lowest BCUT2D eigenvalue weighted by molar-refractivity contribution is 0.240. The van der Waals surface area contributed by atoms with Gasteiger partial charge in [-0.1, -0.05) is 0 Å². The van der Waals surface area contributed by atoms with Crippen LogP contribution in [0, 0.1) is 6.92 Å². The third kappa shape index (κ3) is 3.49. The Kier molecular flexibility index (Phi) is 4.69. The number of sulfonamides is 1. The first-order chi connectivity index (χ1) is 11.4. The van der Waals surface area contributed by atoms with Crippen LogP contribution in [0.5, 0.6) is 5.75 Å². The number of hydrogen-bond donors (Lipinski definition) is 1. The Morgan fingerprint density at radius 1 is 1.29 bits per heavy atom. The molecule has 130 valence electrons. The number of nitrogens with one attached hydrogen (secondary N) is 1. The minimum atomic E-state index is -3.60. The van der Waals surface area contributed by atoms with Gasteiger partial charge in [0, 0.05) is 12.0 Å². The fourth-order valence-electron chi connectivity index (χ4n) is 3.04. The van der Waals surface area contributed by atoms with Crippen LogP contribution in [0.1, 0.15) is 49.6 Å². The van der Waals surface area contributed by atoms with E-state index in [1.807, 2.05) is 26.8 Å². The first kappa shape index (κ1) is 17.0. The van der Waals surface area contributed by atoms with Gasteiger partial charge in [0.05, 0.1) is 23.3 Å². The lowest BCUT2D eigenvalue weighted by Gasteiger charge is -2.23. The molecule has 1 aliphatic carbocycles. The lowest BCUT2D eigenvalue weighted by Crippen LogP contribution is -2.30. The van der Waals surface area contributed by atoms with E-state index >= 15 is 0 Å². The second-order valence-electron chi connectivity index (χ2n) is 6.46. The Hall–Kier alpha value is -1.79. The molecular formula is C18H23NO4S. The zero-order valence-electron chi connectivity index (χ0n) is 14.2. The number of benzene rings is 1. The van der Waals surface area contributed by atoms with Crippen molar-refractivity contribution < 1.29 is 17.6 Å². The molecule has 0 spiro atoms. The van der Waals surface area contributed by atoms with Crippen molar-refractivity contribution in [1.29, 1.82) is 0 Å². The Balaban J connectivity index is 1.83. The van der Waals surface area contributed by atoms with E-state index in [9.17, 15) is 8.42 Å². The molecule has 3 rings (SSSR count). The van der Waals surface area contributed by atoms with Crippen LogP contribution in [0.15, 0.2) is 39.8 Å². The van der Waals surface area contributed by atoms with Gasteiger partial charge in [0.1, 0.15) is 11.5 Å². The van der Waals surface area contributed by atoms with Crippen molar-refractivity contribution in [3.63, 3.8) is 0 Å². The normalized spacial score (nSPS) is 17.8. The van der Waals surface area contributed by atoms with Crippen LogP contribution in [0.4, 0.5) is 0 Å². The van der Waals surface area contributed by atoms with Gasteiger partial charge < -0.3 is 9.15 Å². The highest BCUT2D eigenvalue weighted by molar-refractivity contribution is 7.89. The molecule has 1 aliphatic rings. The maximum atomic E-state index is 12.7. The van der Waals surface area contributed by atoms with Crippen LogP contribution in [-0.4, -0.2) is 14.5 Å². The lowest BCUT2D eigenvalue weighted by atomic mass is 9.94. The average molecular weight is 349 g/mol. The molecule has 1 aromatic heterocycles. The summed E-state index contributed by atoms with van der Waals surface area (Å²) in [6.07, 6.45) is 4.22. The summed E-state index contributed by atoms with van der Waals surface area (Å²) in [5, 5.41) is 0. The van der Waals surface area contributed by atoms with Crippen molar-refractivity contribution in [2.24, 2.45) is 0 Å². The van der Waals surface area contributed by atoms with E-state index in [-0.39, 0.29) is 17.0 Å². The molecule has 0 radical (unpaired) electrons. The van der Waals surface area contributed by atoms with E-state index in [2.05, 4.69) is 4.72 Å². The van der Waals surface area contributed by atoms with E-state index < -0.39 is 10.0 Å². The third-order valence-corrected chi connectivity index (χ3v) is 5.64. The fourth-order valence-corrected chi connectivity index (χ4v) is 4.37. The van der Waals surface area contributed by atoms with Crippen molar-refractivity contribution in [2.75, 3.05) is 0 Å². The van der Waals surface area contributed by atoms with Crippen molar-refractivity contribution in [3.05, 3.63) is 47.4 Å². The summed E-state index contributed by atoms with van der Waals surface area (Å²) in [5.74, 6) is 1.59. The second-order valence-corrected chi connectivity index (χ2v) is 8.17. The van der Waals surface area contributed by atoms with Gasteiger partial charge in [-0.05, 0) is 63.4 Å². The highest BCUT2D eigenvalue weighted by atomic mass is 32.2. The predicted octanol–water partition coefficient (Wildman–Crippen LogP) is 3.73. The van der Waals surface area contributed by atoms with E-state index in [4.69, 9.17) is 9.15 Å². The smallest absolute Gasteiger partial charge is 0.241 e. The van der Waals surface area contributed by atoms with Gasteiger partial charge in [0.2, 0.25) is 10.0 Å². The van der Waals surface area contributed by atoms with Gasteiger partial charge in [-0.15, -0.1) is 0 Å². The molecule has 2 aromatic rings. The molecule has 0 saturated heterocycles. The summed E-state index contributed by atoms with van der Waals surface area (Å²) in [7, 11) is -3.60. The number of hydrogen-bond acceptors (Lipinski definition) is 4. The third-order valence-electron chi connectivity index (χ3n) is 4.17. The topological polar surface area (TPSA) is 68.5 Å². The molecule has 1 unspecified atom stereocenters. The van der Waals surface area contributed by atoms with Crippen LogP contribution in [0.3, 0.4) is 0 Å². The maximum absolute atomic E-state index is 12.7. The molecule has 0 amide bonds. The largest absolute Gasteiger partial charge is 0.491 e. The Morgan fingerprint density at radius 3 is 2.79 bits per heavy atom. The van der Waals surface area contributed by atoms with E-state index in [1.165, 1.54) is 0 Å². The molecule has 0 fully saturated rings. The van der Waals surface area contributed by atoms with Crippen LogP contribution in [0.2, 0.25) is 0 Å². The summed E-state index contributed by atoms with van der Waals surface area (Å²) in [5.41, 5.74) is 1.75. The Morgan fingerprint density at radius 2 is 2.08 bits per heavy atom. The maximum Gasteiger partial charge on any atom is 0.241 e. The summed E-state index contributed by atoms with van der Waals surface area (Å²) >= 11 is 0. The zero-order chi connectivity index (χ0) is 17.3. The number of furan rings is 1. The molecule has 0 aliphatic heterocycles. The first-order valence-electron chi connectivity index (χ1n) is 8.23. The number of ether oxygens (including phenoxy) is 1. The molecule has 1 atom stereocenters. The Labute approximate surface area is 143 Å². The van der Waals surface area contributed by atoms with E-state index in [0.717, 1.165) is 36.1 Å². The van der Waals surface area contributed by atoms with Crippen LogP contribution >= 0.6 is 0 Å². The number of aryl methyl sites for hydroxylation is 2. The summed E-state index contributed by atoms with van der Waals surface area (Å²) in [6.45, 7) is 5.74. The van der Waals surface area contributed by atoms with Gasteiger partial charge in [-0.25, -0.2) is 13.1 Å². The molecule has 24 heavy (non-hydrogen) atoms. The van der Waals surface area contributed by atoms with Crippen LogP contribution < -0.4 is 9.46 Å². The second kappa shape index (κ2) is 6.61. The zero-order valence-corrected chi connectivity index (χ0v) is 15.0. The first-order valence-corrected chi connectivity index (χ1v) is 9.71. The summed E-state index contributed by atoms with van der Waals surface area (Å²) in [4.78, 5) is 0.256. The molecule has 1 aromatic carbocycles. The molecular weight excluding hydrogens is 326 g/mol. The van der Waals surface area contributed by atoms with Crippen molar-refractivity contribution in [2.45, 2.75) is 57.1 Å². The highest BCUT2D eigenvalue weighted by Gasteiger charge is 2.27. The van der Waals surface area contributed by atoms with Gasteiger partial charge in [0.15, 0.2) is 0 Å². The van der Waals surface area contributed by atoms with E-state index in [1.54, 1.807) is 24.5 Å². The molecule has 0 saturated carbocycles. The van der Waals surface area contributed by atoms with Gasteiger partial charge >= 0.3 is 0 Å². The van der Waals surface area contributed by atoms with Crippen molar-refractivity contribution in [1.82, 2.24) is 4.72 Å². The minimum absolute atomic E-state index is 0.0473. The van der Waals surface area contributed by atoms with Crippen molar-refractivity contribution in [3.8, 4) is 5.75 Å². The van der Waals surface area contributed by atoms with Crippen molar-refractivity contribution >= 4 is 10.0 Å². The predicted molar refractivity (Wildman–Crippen MR) is 91.7 cm³/mol. The SMILES string of the molecule is Cc1cc(S(=O)(=O)NC2CCCc3occc32)ccc1OC(C)C. The van der Waals surface area contributed by atoms with Gasteiger partial charge in [-0.3, -0.25) is 0 Å². The van der Waals surface area contributed by atoms with Crippen LogP contribution in [-0.2, 0) is 16.4 Å². The standard InChI is InChI=1S/C18H23NO4S/c1-12(2)23-17-8-7-14(11-13(17)3)24(20,21)19-16-5-4-6-18-15(16)9-10-22-18/h7-12,16,19H,4-6H2,1-3H3. The quantitative estimate of drug-likeness (QED) is 0.893. The molecule has 1 heterocycles.